The molecule has 1 aromatic heterocycles. The van der Waals surface area contributed by atoms with Gasteiger partial charge in [-0.1, -0.05) is 12.1 Å². The summed E-state index contributed by atoms with van der Waals surface area (Å²) in [6.45, 7) is 1.24. The lowest BCUT2D eigenvalue weighted by molar-refractivity contribution is 0.0790. The molecule has 9 nitrogen and oxygen atoms in total. The molecule has 0 unspecified atom stereocenters. The van der Waals surface area contributed by atoms with E-state index in [9.17, 15) is 26.8 Å². The summed E-state index contributed by atoms with van der Waals surface area (Å²) >= 11 is 0. The van der Waals surface area contributed by atoms with Crippen molar-refractivity contribution in [1.82, 2.24) is 10.2 Å². The summed E-state index contributed by atoms with van der Waals surface area (Å²) in [4.78, 5) is 28.3. The van der Waals surface area contributed by atoms with E-state index in [1.807, 2.05) is 0 Å². The minimum absolute atomic E-state index is 0.000288. The Labute approximate surface area is 254 Å². The van der Waals surface area contributed by atoms with Gasteiger partial charge in [-0.3, -0.25) is 13.9 Å². The minimum Gasteiger partial charge on any atom is -0.455 e. The van der Waals surface area contributed by atoms with E-state index < -0.39 is 35.0 Å². The number of likely N-dealkylation sites (tertiary alicyclic amines) is 1. The molecule has 230 valence electrons. The SMILES string of the molecule is CNC(=O)c1c(-c2ccc(F)cc2)oc2cc(N(CCF)S(C)(=O)=O)c(-c3cccc(C(=O)N4CC[C@@H](C(C)=N)C4)c3)cc12. The second-order valence-corrected chi connectivity index (χ2v) is 12.7. The molecule has 2 N–H and O–H groups in total. The van der Waals surface area contributed by atoms with E-state index >= 15 is 0 Å². The molecule has 3 aromatic carbocycles. The molecular formula is C32H32F2N4O5S. The molecule has 2 heterocycles. The van der Waals surface area contributed by atoms with Gasteiger partial charge in [0.05, 0.1) is 24.1 Å². The predicted molar refractivity (Wildman–Crippen MR) is 166 cm³/mol. The molecule has 5 rings (SSSR count). The number of benzene rings is 3. The lowest BCUT2D eigenvalue weighted by Crippen LogP contribution is -2.32. The molecule has 1 aliphatic rings. The summed E-state index contributed by atoms with van der Waals surface area (Å²) in [7, 11) is -2.53. The normalized spacial score (nSPS) is 15.0. The van der Waals surface area contributed by atoms with Crippen LogP contribution >= 0.6 is 0 Å². The molecule has 1 saturated heterocycles. The van der Waals surface area contributed by atoms with Gasteiger partial charge in [0.15, 0.2) is 0 Å². The van der Waals surface area contributed by atoms with Crippen LogP contribution in [-0.2, 0) is 10.0 Å². The average Bonchev–Trinajstić information content (AvgIpc) is 3.64. The van der Waals surface area contributed by atoms with Crippen LogP contribution in [0.5, 0.6) is 0 Å². The molecule has 12 heteroatoms. The van der Waals surface area contributed by atoms with E-state index in [2.05, 4.69) is 5.32 Å². The second-order valence-electron chi connectivity index (χ2n) is 10.8. The van der Waals surface area contributed by atoms with E-state index in [1.54, 1.807) is 42.2 Å². The number of halogens is 2. The van der Waals surface area contributed by atoms with Crippen LogP contribution in [0.4, 0.5) is 14.5 Å². The Hall–Kier alpha value is -4.58. The highest BCUT2D eigenvalue weighted by Gasteiger charge is 2.30. The fourth-order valence-electron chi connectivity index (χ4n) is 5.57. The molecule has 0 spiro atoms. The van der Waals surface area contributed by atoms with Gasteiger partial charge in [-0.05, 0) is 61.4 Å². The summed E-state index contributed by atoms with van der Waals surface area (Å²) in [5.74, 6) is -1.04. The highest BCUT2D eigenvalue weighted by molar-refractivity contribution is 7.92. The third kappa shape index (κ3) is 5.94. The van der Waals surface area contributed by atoms with Crippen molar-refractivity contribution >= 4 is 44.2 Å². The number of nitrogens with zero attached hydrogens (tertiary/aromatic N) is 2. The number of furan rings is 1. The van der Waals surface area contributed by atoms with Gasteiger partial charge in [0.1, 0.15) is 23.8 Å². The largest absolute Gasteiger partial charge is 0.455 e. The molecule has 1 fully saturated rings. The van der Waals surface area contributed by atoms with Crippen molar-refractivity contribution < 1.29 is 31.2 Å². The summed E-state index contributed by atoms with van der Waals surface area (Å²) in [6, 6.07) is 15.1. The molecule has 1 atom stereocenters. The van der Waals surface area contributed by atoms with Crippen LogP contribution in [0, 0.1) is 17.1 Å². The quantitative estimate of drug-likeness (QED) is 0.239. The van der Waals surface area contributed by atoms with Crippen LogP contribution in [0.15, 0.2) is 65.1 Å². The van der Waals surface area contributed by atoms with Crippen LogP contribution in [0.2, 0.25) is 0 Å². The van der Waals surface area contributed by atoms with E-state index in [1.165, 1.54) is 37.4 Å². The maximum Gasteiger partial charge on any atom is 0.255 e. The fraction of sp³-hybridized carbons (Fsp3) is 0.281. The summed E-state index contributed by atoms with van der Waals surface area (Å²) in [6.07, 6.45) is 1.67. The standard InChI is InChI=1S/C32H32F2N4O5S/c1-19(35)23-11-13-37(18-23)32(40)22-6-4-5-21(15-22)25-16-26-28(17-27(25)38(14-12-33)44(3,41)42)43-30(29(26)31(39)36-2)20-7-9-24(34)10-8-20/h4-10,15-17,23,35H,11-14,18H2,1-3H3,(H,36,39)/t23-/m1/s1. The Balaban J connectivity index is 1.73. The number of fused-ring (bicyclic) bond motifs is 1. The Kier molecular flexibility index (Phi) is 8.55. The van der Waals surface area contributed by atoms with Crippen molar-refractivity contribution in [2.45, 2.75) is 13.3 Å². The van der Waals surface area contributed by atoms with Crippen LogP contribution in [0.1, 0.15) is 34.1 Å². The Bertz CT molecular complexity index is 1870. The lowest BCUT2D eigenvalue weighted by Gasteiger charge is -2.24. The number of hydrogen-bond donors (Lipinski definition) is 2. The maximum absolute atomic E-state index is 13.7. The number of carbonyl (C=O) groups is 2. The number of nitrogens with one attached hydrogen (secondary N) is 2. The first-order valence-corrected chi connectivity index (χ1v) is 15.8. The first-order valence-electron chi connectivity index (χ1n) is 14.0. The molecule has 0 saturated carbocycles. The first-order chi connectivity index (χ1) is 20.9. The average molecular weight is 623 g/mol. The minimum atomic E-state index is -3.98. The number of carbonyl (C=O) groups excluding carboxylic acids is 2. The van der Waals surface area contributed by atoms with E-state index in [0.29, 0.717) is 52.9 Å². The third-order valence-electron chi connectivity index (χ3n) is 7.83. The number of anilines is 1. The van der Waals surface area contributed by atoms with Crippen molar-refractivity contribution in [3.05, 3.63) is 77.6 Å². The van der Waals surface area contributed by atoms with Gasteiger partial charge in [-0.25, -0.2) is 17.2 Å². The smallest absolute Gasteiger partial charge is 0.255 e. The van der Waals surface area contributed by atoms with Gasteiger partial charge < -0.3 is 20.0 Å². The van der Waals surface area contributed by atoms with Crippen molar-refractivity contribution in [2.75, 3.05) is 43.9 Å². The van der Waals surface area contributed by atoms with Crippen LogP contribution in [0.3, 0.4) is 0 Å². The topological polar surface area (TPSA) is 124 Å². The van der Waals surface area contributed by atoms with Gasteiger partial charge in [-0.15, -0.1) is 0 Å². The van der Waals surface area contributed by atoms with Crippen molar-refractivity contribution in [1.29, 1.82) is 5.41 Å². The van der Waals surface area contributed by atoms with Gasteiger partial charge in [-0.2, -0.15) is 0 Å². The molecular weight excluding hydrogens is 590 g/mol. The Morgan fingerprint density at radius 1 is 1.11 bits per heavy atom. The van der Waals surface area contributed by atoms with E-state index in [-0.39, 0.29) is 34.4 Å². The third-order valence-corrected chi connectivity index (χ3v) is 9.01. The number of hydrogen-bond acceptors (Lipinski definition) is 6. The molecule has 4 aromatic rings. The van der Waals surface area contributed by atoms with Crippen LogP contribution in [0.25, 0.3) is 33.4 Å². The van der Waals surface area contributed by atoms with Crippen molar-refractivity contribution in [2.24, 2.45) is 5.92 Å². The van der Waals surface area contributed by atoms with Gasteiger partial charge in [0.2, 0.25) is 10.0 Å². The van der Waals surface area contributed by atoms with Crippen LogP contribution < -0.4 is 9.62 Å². The monoisotopic (exact) mass is 622 g/mol. The highest BCUT2D eigenvalue weighted by atomic mass is 32.2. The van der Waals surface area contributed by atoms with E-state index in [4.69, 9.17) is 9.83 Å². The second kappa shape index (κ2) is 12.2. The number of rotatable bonds is 9. The van der Waals surface area contributed by atoms with E-state index in [0.717, 1.165) is 10.6 Å². The predicted octanol–water partition coefficient (Wildman–Crippen LogP) is 5.50. The zero-order chi connectivity index (χ0) is 31.8. The molecule has 2 amide bonds. The summed E-state index contributed by atoms with van der Waals surface area (Å²) < 4.78 is 60.3. The van der Waals surface area contributed by atoms with Crippen molar-refractivity contribution in [3.8, 4) is 22.5 Å². The van der Waals surface area contributed by atoms with Gasteiger partial charge in [0.25, 0.3) is 11.8 Å². The molecule has 0 radical (unpaired) electrons. The molecule has 0 bridgehead atoms. The summed E-state index contributed by atoms with van der Waals surface area (Å²) in [5, 5.41) is 10.9. The number of amides is 2. The maximum atomic E-state index is 13.7. The van der Waals surface area contributed by atoms with Crippen LogP contribution in [-0.4, -0.2) is 70.5 Å². The lowest BCUT2D eigenvalue weighted by atomic mass is 9.97. The zero-order valence-electron chi connectivity index (χ0n) is 24.5. The van der Waals surface area contributed by atoms with Gasteiger partial charge in [0, 0.05) is 59.9 Å². The van der Waals surface area contributed by atoms with Crippen molar-refractivity contribution in [3.63, 3.8) is 0 Å². The summed E-state index contributed by atoms with van der Waals surface area (Å²) in [5.41, 5.74) is 2.51. The highest BCUT2D eigenvalue weighted by Crippen LogP contribution is 2.42. The number of alkyl halides is 1. The molecule has 0 aliphatic carbocycles. The first kappa shape index (κ1) is 30.9. The fourth-order valence-corrected chi connectivity index (χ4v) is 6.48. The Morgan fingerprint density at radius 2 is 1.84 bits per heavy atom. The number of sulfonamides is 1. The molecule has 1 aliphatic heterocycles. The zero-order valence-corrected chi connectivity index (χ0v) is 25.3. The molecule has 44 heavy (non-hydrogen) atoms. The van der Waals surface area contributed by atoms with Gasteiger partial charge >= 0.3 is 0 Å². The Morgan fingerprint density at radius 3 is 2.45 bits per heavy atom.